The molecule has 19 heavy (non-hydrogen) atoms. The summed E-state index contributed by atoms with van der Waals surface area (Å²) in [6.07, 6.45) is 0.582. The third-order valence-corrected chi connectivity index (χ3v) is 3.39. The molecule has 1 rings (SSSR count). The average molecular weight is 265 g/mol. The van der Waals surface area contributed by atoms with Crippen LogP contribution in [0.3, 0.4) is 0 Å². The van der Waals surface area contributed by atoms with Gasteiger partial charge in [-0.3, -0.25) is 4.79 Å². The van der Waals surface area contributed by atoms with Crippen molar-refractivity contribution in [1.82, 2.24) is 5.32 Å². The molecule has 4 nitrogen and oxygen atoms in total. The van der Waals surface area contributed by atoms with Gasteiger partial charge in [0, 0.05) is 6.54 Å². The van der Waals surface area contributed by atoms with E-state index in [9.17, 15) is 9.90 Å². The highest BCUT2D eigenvalue weighted by Crippen LogP contribution is 2.23. The zero-order valence-electron chi connectivity index (χ0n) is 12.1. The highest BCUT2D eigenvalue weighted by molar-refractivity contribution is 5.73. The quantitative estimate of drug-likeness (QED) is 0.691. The lowest BCUT2D eigenvalue weighted by molar-refractivity contribution is -0.147. The molecule has 1 aromatic carbocycles. The molecule has 0 amide bonds. The van der Waals surface area contributed by atoms with Crippen molar-refractivity contribution in [2.24, 2.45) is 5.41 Å². The molecule has 0 spiro atoms. The van der Waals surface area contributed by atoms with Gasteiger partial charge in [-0.25, -0.2) is 0 Å². The number of carbonyl (C=O) groups is 1. The van der Waals surface area contributed by atoms with Crippen molar-refractivity contribution >= 4 is 5.97 Å². The molecule has 0 fully saturated rings. The highest BCUT2D eigenvalue weighted by Gasteiger charge is 2.25. The first-order valence-corrected chi connectivity index (χ1v) is 6.47. The molecule has 0 bridgehead atoms. The number of aryl methyl sites for hydroxylation is 2. The number of phenolic OH excluding ortho intramolecular Hbond substituents is 1. The molecule has 0 saturated heterocycles. The first kappa shape index (κ1) is 15.5. The molecule has 3 N–H and O–H groups in total. The topological polar surface area (TPSA) is 69.6 Å². The Morgan fingerprint density at radius 2 is 1.79 bits per heavy atom. The first-order chi connectivity index (χ1) is 8.74. The van der Waals surface area contributed by atoms with Crippen LogP contribution in [0.15, 0.2) is 12.1 Å². The van der Waals surface area contributed by atoms with Crippen molar-refractivity contribution in [2.75, 3.05) is 6.54 Å². The van der Waals surface area contributed by atoms with E-state index in [2.05, 4.69) is 5.32 Å². The minimum atomic E-state index is -0.773. The zero-order valence-corrected chi connectivity index (χ0v) is 12.1. The van der Waals surface area contributed by atoms with Crippen LogP contribution in [0, 0.1) is 19.3 Å². The second-order valence-corrected chi connectivity index (χ2v) is 5.69. The Morgan fingerprint density at radius 1 is 1.26 bits per heavy atom. The van der Waals surface area contributed by atoms with E-state index in [1.165, 1.54) is 0 Å². The third kappa shape index (κ3) is 4.24. The van der Waals surface area contributed by atoms with E-state index in [1.54, 1.807) is 13.8 Å². The summed E-state index contributed by atoms with van der Waals surface area (Å²) in [5.41, 5.74) is 2.12. The smallest absolute Gasteiger partial charge is 0.309 e. The number of aliphatic carboxylic acids is 1. The highest BCUT2D eigenvalue weighted by atomic mass is 16.4. The number of hydrogen-bond donors (Lipinski definition) is 3. The number of hydrogen-bond acceptors (Lipinski definition) is 3. The summed E-state index contributed by atoms with van der Waals surface area (Å²) >= 11 is 0. The van der Waals surface area contributed by atoms with E-state index in [-0.39, 0.29) is 0 Å². The molecule has 0 radical (unpaired) electrons. The molecule has 0 atom stereocenters. The fourth-order valence-electron chi connectivity index (χ4n) is 1.89. The summed E-state index contributed by atoms with van der Waals surface area (Å²) in [5.74, 6) is -0.429. The average Bonchev–Trinajstić information content (AvgIpc) is 2.31. The van der Waals surface area contributed by atoms with Crippen molar-refractivity contribution in [2.45, 2.75) is 40.7 Å². The Balaban J connectivity index is 2.49. The van der Waals surface area contributed by atoms with Gasteiger partial charge >= 0.3 is 5.97 Å². The summed E-state index contributed by atoms with van der Waals surface area (Å²) in [6.45, 7) is 8.53. The van der Waals surface area contributed by atoms with Crippen LogP contribution < -0.4 is 5.32 Å². The number of nitrogens with one attached hydrogen (secondary N) is 1. The van der Waals surface area contributed by atoms with E-state index in [1.807, 2.05) is 26.0 Å². The number of carboxylic acids is 1. The maximum atomic E-state index is 11.0. The monoisotopic (exact) mass is 265 g/mol. The fraction of sp³-hybridized carbons (Fsp3) is 0.533. The van der Waals surface area contributed by atoms with Crippen LogP contribution in [0.2, 0.25) is 0 Å². The zero-order chi connectivity index (χ0) is 14.6. The van der Waals surface area contributed by atoms with Gasteiger partial charge in [-0.15, -0.1) is 0 Å². The van der Waals surface area contributed by atoms with Crippen LogP contribution in [-0.4, -0.2) is 22.7 Å². The van der Waals surface area contributed by atoms with Crippen LogP contribution in [0.4, 0.5) is 0 Å². The number of rotatable bonds is 6. The normalized spacial score (nSPS) is 11.6. The van der Waals surface area contributed by atoms with Gasteiger partial charge in [-0.1, -0.05) is 12.1 Å². The second-order valence-electron chi connectivity index (χ2n) is 5.69. The molecular weight excluding hydrogens is 242 g/mol. The van der Waals surface area contributed by atoms with E-state index in [0.29, 0.717) is 25.3 Å². The van der Waals surface area contributed by atoms with Crippen molar-refractivity contribution in [3.63, 3.8) is 0 Å². The lowest BCUT2D eigenvalue weighted by Crippen LogP contribution is -2.28. The van der Waals surface area contributed by atoms with Crippen molar-refractivity contribution in [3.05, 3.63) is 28.8 Å². The number of benzene rings is 1. The Labute approximate surface area is 114 Å². The fourth-order valence-corrected chi connectivity index (χ4v) is 1.89. The van der Waals surface area contributed by atoms with Gasteiger partial charge in [0.2, 0.25) is 0 Å². The van der Waals surface area contributed by atoms with Crippen LogP contribution in [0.1, 0.15) is 37.0 Å². The molecule has 0 unspecified atom stereocenters. The van der Waals surface area contributed by atoms with Gasteiger partial charge in [0.1, 0.15) is 5.75 Å². The van der Waals surface area contributed by atoms with Crippen molar-refractivity contribution < 1.29 is 15.0 Å². The Bertz CT molecular complexity index is 443. The van der Waals surface area contributed by atoms with Gasteiger partial charge in [-0.05, 0) is 57.4 Å². The first-order valence-electron chi connectivity index (χ1n) is 6.47. The lowest BCUT2D eigenvalue weighted by Gasteiger charge is -2.19. The molecule has 0 aliphatic rings. The SMILES string of the molecule is Cc1cc(CNCCC(C)(C)C(=O)O)cc(C)c1O. The summed E-state index contributed by atoms with van der Waals surface area (Å²) in [7, 11) is 0. The third-order valence-electron chi connectivity index (χ3n) is 3.39. The van der Waals surface area contributed by atoms with Gasteiger partial charge in [0.15, 0.2) is 0 Å². The minimum absolute atomic E-state index is 0.343. The van der Waals surface area contributed by atoms with Gasteiger partial charge < -0.3 is 15.5 Å². The Hall–Kier alpha value is -1.55. The van der Waals surface area contributed by atoms with Gasteiger partial charge in [-0.2, -0.15) is 0 Å². The molecule has 106 valence electrons. The molecule has 4 heteroatoms. The second kappa shape index (κ2) is 6.06. The lowest BCUT2D eigenvalue weighted by atomic mass is 9.90. The maximum absolute atomic E-state index is 11.0. The summed E-state index contributed by atoms with van der Waals surface area (Å²) in [5, 5.41) is 21.9. The Kier molecular flexibility index (Phi) is 4.95. The Morgan fingerprint density at radius 3 is 2.26 bits per heavy atom. The molecule has 1 aromatic rings. The van der Waals surface area contributed by atoms with Gasteiger partial charge in [0.25, 0.3) is 0 Å². The standard InChI is InChI=1S/C15H23NO3/c1-10-7-12(8-11(2)13(10)17)9-16-6-5-15(3,4)14(18)19/h7-8,16-17H,5-6,9H2,1-4H3,(H,18,19). The van der Waals surface area contributed by atoms with E-state index >= 15 is 0 Å². The number of carboxylic acid groups (broad SMARTS) is 1. The van der Waals surface area contributed by atoms with E-state index in [4.69, 9.17) is 5.11 Å². The molecule has 0 aliphatic carbocycles. The molecular formula is C15H23NO3. The van der Waals surface area contributed by atoms with Crippen LogP contribution in [0.25, 0.3) is 0 Å². The van der Waals surface area contributed by atoms with Crippen LogP contribution >= 0.6 is 0 Å². The molecule has 0 heterocycles. The number of phenols is 1. The van der Waals surface area contributed by atoms with Crippen molar-refractivity contribution in [3.8, 4) is 5.75 Å². The summed E-state index contributed by atoms with van der Waals surface area (Å²) in [6, 6.07) is 3.88. The summed E-state index contributed by atoms with van der Waals surface area (Å²) in [4.78, 5) is 11.0. The predicted octanol–water partition coefficient (Wildman–Crippen LogP) is 2.60. The van der Waals surface area contributed by atoms with Crippen LogP contribution in [-0.2, 0) is 11.3 Å². The molecule has 0 aromatic heterocycles. The largest absolute Gasteiger partial charge is 0.507 e. The van der Waals surface area contributed by atoms with Crippen molar-refractivity contribution in [1.29, 1.82) is 0 Å². The molecule has 0 aliphatic heterocycles. The summed E-state index contributed by atoms with van der Waals surface area (Å²) < 4.78 is 0. The minimum Gasteiger partial charge on any atom is -0.507 e. The van der Waals surface area contributed by atoms with E-state index in [0.717, 1.165) is 16.7 Å². The maximum Gasteiger partial charge on any atom is 0.309 e. The number of aromatic hydroxyl groups is 1. The predicted molar refractivity (Wildman–Crippen MR) is 75.3 cm³/mol. The van der Waals surface area contributed by atoms with E-state index < -0.39 is 11.4 Å². The van der Waals surface area contributed by atoms with Gasteiger partial charge in [0.05, 0.1) is 5.41 Å². The van der Waals surface area contributed by atoms with Crippen LogP contribution in [0.5, 0.6) is 5.75 Å². The molecule has 0 saturated carbocycles.